The molecule has 2 bridgehead atoms. The molecule has 33 heavy (non-hydrogen) atoms. The minimum atomic E-state index is -0.670. The smallest absolute Gasteiger partial charge is 0.303 e. The Morgan fingerprint density at radius 1 is 0.939 bits per heavy atom. The van der Waals surface area contributed by atoms with Crippen molar-refractivity contribution in [2.75, 3.05) is 32.7 Å². The lowest BCUT2D eigenvalue weighted by molar-refractivity contribution is -0.139. The van der Waals surface area contributed by atoms with E-state index in [0.717, 1.165) is 58.7 Å². The van der Waals surface area contributed by atoms with E-state index >= 15 is 0 Å². The molecule has 4 heterocycles. The summed E-state index contributed by atoms with van der Waals surface area (Å²) in [5.41, 5.74) is 2.65. The van der Waals surface area contributed by atoms with Crippen molar-refractivity contribution in [3.63, 3.8) is 0 Å². The van der Waals surface area contributed by atoms with Crippen LogP contribution >= 0.6 is 0 Å². The molecule has 3 aliphatic rings. The molecule has 3 aliphatic heterocycles. The van der Waals surface area contributed by atoms with E-state index in [-0.39, 0.29) is 17.9 Å². The minimum absolute atomic E-state index is 0.132. The maximum atomic E-state index is 12.3. The van der Waals surface area contributed by atoms with E-state index in [0.29, 0.717) is 17.8 Å². The first-order valence-corrected chi connectivity index (χ1v) is 12.5. The third kappa shape index (κ3) is 5.22. The van der Waals surface area contributed by atoms with E-state index in [9.17, 15) is 14.7 Å². The number of likely N-dealkylation sites (tertiary alicyclic amines) is 2. The number of aromatic nitrogens is 1. The van der Waals surface area contributed by atoms with Gasteiger partial charge in [-0.15, -0.1) is 0 Å². The van der Waals surface area contributed by atoms with E-state index in [1.807, 2.05) is 16.7 Å². The van der Waals surface area contributed by atoms with Gasteiger partial charge in [-0.3, -0.25) is 14.5 Å². The molecular weight excluding hydrogens is 414 g/mol. The zero-order valence-corrected chi connectivity index (χ0v) is 19.3. The van der Waals surface area contributed by atoms with Gasteiger partial charge >= 0.3 is 5.97 Å². The quantitative estimate of drug-likeness (QED) is 0.703. The average Bonchev–Trinajstić information content (AvgIpc) is 2.80. The lowest BCUT2D eigenvalue weighted by Crippen LogP contribution is -2.48. The molecule has 2 saturated heterocycles. The molecule has 4 unspecified atom stereocenters. The number of carbonyl (C=O) groups is 1. The molecule has 1 aromatic carbocycles. The van der Waals surface area contributed by atoms with Crippen LogP contribution in [-0.2, 0) is 17.9 Å². The first kappa shape index (κ1) is 22.4. The van der Waals surface area contributed by atoms with E-state index in [1.54, 1.807) is 6.07 Å². The summed E-state index contributed by atoms with van der Waals surface area (Å²) in [4.78, 5) is 28.9. The molecule has 4 atom stereocenters. The standard InChI is InChI=1S/C27H35N3O3/c31-26-8-4-7-25-24-13-21(17-30(25)26)16-29(19-24)12-10-23-18-28(11-9-22(23)14-27(32)33)15-20-5-2-1-3-6-20/h1-8,21-24H,9-19H2,(H,32,33). The normalized spacial score (nSPS) is 27.8. The molecule has 6 nitrogen and oxygen atoms in total. The van der Waals surface area contributed by atoms with Gasteiger partial charge in [0.1, 0.15) is 0 Å². The van der Waals surface area contributed by atoms with Gasteiger partial charge in [0.05, 0.1) is 0 Å². The van der Waals surface area contributed by atoms with Crippen molar-refractivity contribution in [2.24, 2.45) is 17.8 Å². The van der Waals surface area contributed by atoms with Gasteiger partial charge in [-0.25, -0.2) is 0 Å². The second kappa shape index (κ2) is 9.82. The number of piperidine rings is 2. The van der Waals surface area contributed by atoms with Gasteiger partial charge in [0, 0.05) is 56.8 Å². The fraction of sp³-hybridized carbons (Fsp3) is 0.556. The molecule has 0 saturated carbocycles. The van der Waals surface area contributed by atoms with Crippen molar-refractivity contribution in [1.29, 1.82) is 0 Å². The first-order chi connectivity index (χ1) is 16.0. The summed E-state index contributed by atoms with van der Waals surface area (Å²) in [7, 11) is 0. The van der Waals surface area contributed by atoms with E-state index in [1.165, 1.54) is 17.7 Å². The van der Waals surface area contributed by atoms with Crippen LogP contribution in [0, 0.1) is 17.8 Å². The van der Waals surface area contributed by atoms with Crippen LogP contribution in [0.25, 0.3) is 0 Å². The van der Waals surface area contributed by atoms with Crippen LogP contribution in [0.1, 0.15) is 42.9 Å². The van der Waals surface area contributed by atoms with Crippen LogP contribution in [0.4, 0.5) is 0 Å². The summed E-state index contributed by atoms with van der Waals surface area (Å²) in [6, 6.07) is 16.3. The number of rotatable bonds is 7. The van der Waals surface area contributed by atoms with Gasteiger partial charge in [0.15, 0.2) is 0 Å². The van der Waals surface area contributed by atoms with Gasteiger partial charge in [0.25, 0.3) is 5.56 Å². The molecule has 6 heteroatoms. The monoisotopic (exact) mass is 449 g/mol. The Bertz CT molecular complexity index is 1020. The number of benzene rings is 1. The Balaban J connectivity index is 1.22. The molecule has 0 spiro atoms. The summed E-state index contributed by atoms with van der Waals surface area (Å²) >= 11 is 0. The van der Waals surface area contributed by atoms with Crippen molar-refractivity contribution in [3.05, 3.63) is 70.1 Å². The highest BCUT2D eigenvalue weighted by molar-refractivity contribution is 5.67. The van der Waals surface area contributed by atoms with Crippen molar-refractivity contribution in [3.8, 4) is 0 Å². The largest absolute Gasteiger partial charge is 0.481 e. The lowest BCUT2D eigenvalue weighted by Gasteiger charge is -2.44. The molecule has 0 amide bonds. The summed E-state index contributed by atoms with van der Waals surface area (Å²) in [6.07, 6.45) is 3.47. The van der Waals surface area contributed by atoms with Gasteiger partial charge < -0.3 is 14.6 Å². The highest BCUT2D eigenvalue weighted by Gasteiger charge is 2.36. The fourth-order valence-electron chi connectivity index (χ4n) is 6.49. The third-order valence-corrected chi connectivity index (χ3v) is 8.03. The number of carboxylic acid groups (broad SMARTS) is 1. The molecule has 1 aromatic heterocycles. The zero-order valence-electron chi connectivity index (χ0n) is 19.3. The maximum Gasteiger partial charge on any atom is 0.303 e. The van der Waals surface area contributed by atoms with Crippen LogP contribution < -0.4 is 5.56 Å². The van der Waals surface area contributed by atoms with Gasteiger partial charge in [-0.2, -0.15) is 0 Å². The number of aliphatic carboxylic acids is 1. The second-order valence-electron chi connectivity index (χ2n) is 10.4. The highest BCUT2D eigenvalue weighted by Crippen LogP contribution is 2.36. The number of pyridine rings is 1. The van der Waals surface area contributed by atoms with E-state index in [4.69, 9.17) is 0 Å². The number of fused-ring (bicyclic) bond motifs is 4. The third-order valence-electron chi connectivity index (χ3n) is 8.03. The summed E-state index contributed by atoms with van der Waals surface area (Å²) in [6.45, 7) is 6.79. The van der Waals surface area contributed by atoms with Crippen LogP contribution in [-0.4, -0.2) is 58.2 Å². The number of hydrogen-bond acceptors (Lipinski definition) is 4. The summed E-state index contributed by atoms with van der Waals surface area (Å²) in [5, 5.41) is 9.47. The van der Waals surface area contributed by atoms with Gasteiger partial charge in [-0.1, -0.05) is 36.4 Å². The van der Waals surface area contributed by atoms with Crippen LogP contribution in [0.2, 0.25) is 0 Å². The van der Waals surface area contributed by atoms with Crippen LogP contribution in [0.5, 0.6) is 0 Å². The molecule has 1 N–H and O–H groups in total. The number of nitrogens with zero attached hydrogens (tertiary/aromatic N) is 3. The van der Waals surface area contributed by atoms with Crippen molar-refractivity contribution >= 4 is 5.97 Å². The zero-order chi connectivity index (χ0) is 22.8. The Morgan fingerprint density at radius 3 is 2.61 bits per heavy atom. The topological polar surface area (TPSA) is 65.8 Å². The van der Waals surface area contributed by atoms with Crippen molar-refractivity contribution in [1.82, 2.24) is 14.4 Å². The van der Waals surface area contributed by atoms with Gasteiger partial charge in [0.2, 0.25) is 0 Å². The molecule has 0 radical (unpaired) electrons. The molecule has 2 fully saturated rings. The molecule has 0 aliphatic carbocycles. The predicted octanol–water partition coefficient (Wildman–Crippen LogP) is 3.27. The fourth-order valence-corrected chi connectivity index (χ4v) is 6.49. The Morgan fingerprint density at radius 2 is 1.79 bits per heavy atom. The minimum Gasteiger partial charge on any atom is -0.481 e. The van der Waals surface area contributed by atoms with Crippen molar-refractivity contribution < 1.29 is 9.90 Å². The number of hydrogen-bond donors (Lipinski definition) is 1. The first-order valence-electron chi connectivity index (χ1n) is 12.5. The van der Waals surface area contributed by atoms with Gasteiger partial charge in [-0.05, 0) is 61.7 Å². The molecule has 5 rings (SSSR count). The average molecular weight is 450 g/mol. The predicted molar refractivity (Wildman–Crippen MR) is 128 cm³/mol. The van der Waals surface area contributed by atoms with Crippen LogP contribution in [0.3, 0.4) is 0 Å². The Kier molecular flexibility index (Phi) is 6.65. The van der Waals surface area contributed by atoms with E-state index in [2.05, 4.69) is 40.1 Å². The van der Waals surface area contributed by atoms with Crippen molar-refractivity contribution in [2.45, 2.75) is 44.7 Å². The Labute approximate surface area is 195 Å². The SMILES string of the molecule is O=C(O)CC1CCN(Cc2ccccc2)CC1CCN1CC2CC(C1)c1cccc(=O)n1C2. The molecule has 176 valence electrons. The Hall–Kier alpha value is -2.44. The molecule has 2 aromatic rings. The number of carboxylic acids is 1. The summed E-state index contributed by atoms with van der Waals surface area (Å²) in [5.74, 6) is 0.971. The maximum absolute atomic E-state index is 12.3. The molecular formula is C27H35N3O3. The second-order valence-corrected chi connectivity index (χ2v) is 10.4. The lowest BCUT2D eigenvalue weighted by atomic mass is 9.80. The highest BCUT2D eigenvalue weighted by atomic mass is 16.4. The van der Waals surface area contributed by atoms with E-state index < -0.39 is 5.97 Å². The summed E-state index contributed by atoms with van der Waals surface area (Å²) < 4.78 is 1.99. The van der Waals surface area contributed by atoms with Crippen LogP contribution in [0.15, 0.2) is 53.3 Å².